The van der Waals surface area contributed by atoms with Gasteiger partial charge in [0.25, 0.3) is 0 Å². The van der Waals surface area contributed by atoms with E-state index in [2.05, 4.69) is 24.0 Å². The van der Waals surface area contributed by atoms with Crippen LogP contribution in [-0.2, 0) is 4.74 Å². The summed E-state index contributed by atoms with van der Waals surface area (Å²) in [4.78, 5) is 0. The molecule has 0 bridgehead atoms. The molecule has 2 fully saturated rings. The molecule has 2 saturated heterocycles. The van der Waals surface area contributed by atoms with Crippen LogP contribution in [-0.4, -0.2) is 30.4 Å². The summed E-state index contributed by atoms with van der Waals surface area (Å²) in [6, 6.07) is 0. The summed E-state index contributed by atoms with van der Waals surface area (Å²) in [6.07, 6.45) is 4.79. The van der Waals surface area contributed by atoms with E-state index in [1.54, 1.807) is 0 Å². The maximum atomic E-state index is 5.74. The maximum Gasteiger partial charge on any atom is 0.108 e. The van der Waals surface area contributed by atoms with Crippen LogP contribution in [0.5, 0.6) is 0 Å². The lowest BCUT2D eigenvalue weighted by Crippen LogP contribution is -2.27. The lowest BCUT2D eigenvalue weighted by Gasteiger charge is -2.23. The van der Waals surface area contributed by atoms with Crippen LogP contribution in [0.4, 0.5) is 0 Å². The number of nitrogens with one attached hydrogen (secondary N) is 1. The monoisotopic (exact) mass is 201 g/mol. The van der Waals surface area contributed by atoms with Crippen molar-refractivity contribution in [2.75, 3.05) is 18.1 Å². The van der Waals surface area contributed by atoms with Crippen molar-refractivity contribution >= 4 is 11.8 Å². The minimum Gasteiger partial charge on any atom is -0.359 e. The van der Waals surface area contributed by atoms with Gasteiger partial charge in [-0.05, 0) is 43.6 Å². The van der Waals surface area contributed by atoms with E-state index in [1.165, 1.54) is 30.8 Å². The van der Waals surface area contributed by atoms with Crippen molar-refractivity contribution in [1.29, 1.82) is 0 Å². The van der Waals surface area contributed by atoms with E-state index >= 15 is 0 Å². The Morgan fingerprint density at radius 3 is 3.08 bits per heavy atom. The van der Waals surface area contributed by atoms with Crippen molar-refractivity contribution in [3.05, 3.63) is 0 Å². The van der Waals surface area contributed by atoms with E-state index in [1.807, 2.05) is 0 Å². The van der Waals surface area contributed by atoms with Crippen LogP contribution in [0.25, 0.3) is 0 Å². The Balaban J connectivity index is 1.71. The molecule has 3 atom stereocenters. The molecular formula is C10H19NOS. The zero-order valence-electron chi connectivity index (χ0n) is 8.29. The molecule has 2 rings (SSSR count). The van der Waals surface area contributed by atoms with Crippen molar-refractivity contribution in [3.63, 3.8) is 0 Å². The van der Waals surface area contributed by atoms with Crippen molar-refractivity contribution in [2.24, 2.45) is 5.92 Å². The molecule has 0 aromatic rings. The Morgan fingerprint density at radius 1 is 1.54 bits per heavy atom. The molecule has 0 spiro atoms. The third-order valence-corrected chi connectivity index (χ3v) is 4.12. The molecule has 2 aliphatic rings. The predicted octanol–water partition coefficient (Wildman–Crippen LogP) is 1.85. The zero-order valence-corrected chi connectivity index (χ0v) is 9.11. The summed E-state index contributed by atoms with van der Waals surface area (Å²) in [6.45, 7) is 3.17. The molecule has 3 heteroatoms. The molecule has 0 saturated carbocycles. The van der Waals surface area contributed by atoms with Gasteiger partial charge in [-0.15, -0.1) is 0 Å². The molecule has 76 valence electrons. The second kappa shape index (κ2) is 4.67. The summed E-state index contributed by atoms with van der Waals surface area (Å²) < 4.78 is 5.74. The summed E-state index contributed by atoms with van der Waals surface area (Å²) in [5.74, 6) is 3.60. The molecule has 0 radical (unpaired) electrons. The standard InChI is InChI=1S/C10H19NOS/c1-8-6-11-10(12-8)5-9-3-2-4-13-7-9/h8-11H,2-7H2,1H3. The van der Waals surface area contributed by atoms with Crippen molar-refractivity contribution in [3.8, 4) is 0 Å². The summed E-state index contributed by atoms with van der Waals surface area (Å²) in [5.41, 5.74) is 0. The fraction of sp³-hybridized carbons (Fsp3) is 1.00. The molecule has 13 heavy (non-hydrogen) atoms. The van der Waals surface area contributed by atoms with Gasteiger partial charge in [0, 0.05) is 6.54 Å². The highest BCUT2D eigenvalue weighted by atomic mass is 32.2. The molecule has 2 heterocycles. The van der Waals surface area contributed by atoms with Crippen LogP contribution in [0.1, 0.15) is 26.2 Å². The highest BCUT2D eigenvalue weighted by molar-refractivity contribution is 7.99. The molecule has 0 amide bonds. The van der Waals surface area contributed by atoms with Gasteiger partial charge in [-0.2, -0.15) is 11.8 Å². The second-order valence-electron chi connectivity index (χ2n) is 4.16. The normalized spacial score (nSPS) is 40.8. The summed E-state index contributed by atoms with van der Waals surface area (Å²) in [7, 11) is 0. The highest BCUT2D eigenvalue weighted by Gasteiger charge is 2.25. The first-order valence-corrected chi connectivity index (χ1v) is 6.46. The average Bonchev–Trinajstić information content (AvgIpc) is 2.53. The molecule has 0 aliphatic carbocycles. The first-order chi connectivity index (χ1) is 6.34. The highest BCUT2D eigenvalue weighted by Crippen LogP contribution is 2.27. The largest absolute Gasteiger partial charge is 0.359 e. The smallest absolute Gasteiger partial charge is 0.108 e. The zero-order chi connectivity index (χ0) is 9.10. The molecule has 2 nitrogen and oxygen atoms in total. The summed E-state index contributed by atoms with van der Waals surface area (Å²) in [5, 5.41) is 3.42. The van der Waals surface area contributed by atoms with Crippen LogP contribution in [0.3, 0.4) is 0 Å². The lowest BCUT2D eigenvalue weighted by molar-refractivity contribution is 0.0366. The van der Waals surface area contributed by atoms with Gasteiger partial charge >= 0.3 is 0 Å². The number of rotatable bonds is 2. The van der Waals surface area contributed by atoms with Crippen LogP contribution in [0, 0.1) is 5.92 Å². The van der Waals surface area contributed by atoms with Gasteiger partial charge in [-0.25, -0.2) is 0 Å². The minimum atomic E-state index is 0.346. The van der Waals surface area contributed by atoms with E-state index in [0.29, 0.717) is 12.3 Å². The predicted molar refractivity (Wildman–Crippen MR) is 57.0 cm³/mol. The fourth-order valence-corrected chi connectivity index (χ4v) is 3.28. The van der Waals surface area contributed by atoms with Crippen LogP contribution < -0.4 is 5.32 Å². The van der Waals surface area contributed by atoms with Gasteiger partial charge in [-0.3, -0.25) is 5.32 Å². The van der Waals surface area contributed by atoms with Crippen LogP contribution in [0.15, 0.2) is 0 Å². The maximum absolute atomic E-state index is 5.74. The Hall–Kier alpha value is 0.270. The third-order valence-electron chi connectivity index (χ3n) is 2.83. The van der Waals surface area contributed by atoms with Crippen LogP contribution in [0.2, 0.25) is 0 Å². The number of hydrogen-bond donors (Lipinski definition) is 1. The molecule has 1 N–H and O–H groups in total. The Kier molecular flexibility index (Phi) is 3.52. The van der Waals surface area contributed by atoms with Crippen LogP contribution >= 0.6 is 11.8 Å². The Bertz CT molecular complexity index is 156. The Labute approximate surface area is 84.8 Å². The van der Waals surface area contributed by atoms with Crippen molar-refractivity contribution < 1.29 is 4.74 Å². The number of ether oxygens (including phenoxy) is 1. The van der Waals surface area contributed by atoms with Crippen molar-refractivity contribution in [2.45, 2.75) is 38.5 Å². The summed E-state index contributed by atoms with van der Waals surface area (Å²) >= 11 is 2.10. The molecule has 0 aromatic heterocycles. The fourth-order valence-electron chi connectivity index (χ4n) is 2.11. The SMILES string of the molecule is CC1CNC(CC2CCCSC2)O1. The molecule has 0 aromatic carbocycles. The quantitative estimate of drug-likeness (QED) is 0.737. The topological polar surface area (TPSA) is 21.3 Å². The lowest BCUT2D eigenvalue weighted by atomic mass is 10.0. The number of thioether (sulfide) groups is 1. The molecular weight excluding hydrogens is 182 g/mol. The van der Waals surface area contributed by atoms with Gasteiger partial charge in [-0.1, -0.05) is 0 Å². The average molecular weight is 201 g/mol. The first-order valence-electron chi connectivity index (χ1n) is 5.31. The first kappa shape index (κ1) is 9.81. The second-order valence-corrected chi connectivity index (χ2v) is 5.31. The van der Waals surface area contributed by atoms with E-state index < -0.39 is 0 Å². The van der Waals surface area contributed by atoms with E-state index in [-0.39, 0.29) is 0 Å². The minimum absolute atomic E-state index is 0.346. The van der Waals surface area contributed by atoms with E-state index in [0.717, 1.165) is 12.5 Å². The van der Waals surface area contributed by atoms with Gasteiger partial charge < -0.3 is 4.74 Å². The molecule has 2 aliphatic heterocycles. The van der Waals surface area contributed by atoms with E-state index in [9.17, 15) is 0 Å². The van der Waals surface area contributed by atoms with Crippen molar-refractivity contribution in [1.82, 2.24) is 5.32 Å². The Morgan fingerprint density at radius 2 is 2.46 bits per heavy atom. The van der Waals surface area contributed by atoms with Gasteiger partial charge in [0.05, 0.1) is 6.10 Å². The third kappa shape index (κ3) is 2.86. The van der Waals surface area contributed by atoms with Gasteiger partial charge in [0.15, 0.2) is 0 Å². The van der Waals surface area contributed by atoms with Gasteiger partial charge in [0.1, 0.15) is 6.23 Å². The molecule has 3 unspecified atom stereocenters. The van der Waals surface area contributed by atoms with Gasteiger partial charge in [0.2, 0.25) is 0 Å². The number of hydrogen-bond acceptors (Lipinski definition) is 3. The van der Waals surface area contributed by atoms with E-state index in [4.69, 9.17) is 4.74 Å².